The summed E-state index contributed by atoms with van der Waals surface area (Å²) in [7, 11) is 1.71. The summed E-state index contributed by atoms with van der Waals surface area (Å²) in [6.07, 6.45) is 3.58. The molecule has 0 spiro atoms. The van der Waals surface area contributed by atoms with Crippen molar-refractivity contribution in [3.63, 3.8) is 0 Å². The van der Waals surface area contributed by atoms with Crippen molar-refractivity contribution in [2.75, 3.05) is 20.1 Å². The Balaban J connectivity index is 1.99. The monoisotopic (exact) mass is 284 g/mol. The largest absolute Gasteiger partial charge is 0.481 e. The molecule has 0 aromatic heterocycles. The first-order valence-electron chi connectivity index (χ1n) is 7.28. The molecule has 2 rings (SSSR count). The van der Waals surface area contributed by atoms with Crippen LogP contribution < -0.4 is 0 Å². The summed E-state index contributed by atoms with van der Waals surface area (Å²) in [5, 5.41) is 19.2. The molecular weight excluding hydrogens is 260 g/mol. The van der Waals surface area contributed by atoms with Crippen LogP contribution >= 0.6 is 0 Å². The maximum Gasteiger partial charge on any atom is 0.320 e. The van der Waals surface area contributed by atoms with E-state index in [1.54, 1.807) is 23.8 Å². The number of likely N-dealkylation sites (tertiary alicyclic amines) is 1. The molecule has 0 aromatic carbocycles. The third-order valence-electron chi connectivity index (χ3n) is 4.75. The molecule has 20 heavy (non-hydrogen) atoms. The number of carbonyl (C=O) groups excluding carboxylic acids is 1. The highest BCUT2D eigenvalue weighted by atomic mass is 16.4. The normalized spacial score (nSPS) is 34.0. The Bertz CT molecular complexity index is 401. The zero-order valence-electron chi connectivity index (χ0n) is 12.2. The van der Waals surface area contributed by atoms with Crippen molar-refractivity contribution in [1.82, 2.24) is 9.80 Å². The summed E-state index contributed by atoms with van der Waals surface area (Å²) >= 11 is 0. The van der Waals surface area contributed by atoms with E-state index in [4.69, 9.17) is 0 Å². The van der Waals surface area contributed by atoms with Gasteiger partial charge in [-0.15, -0.1) is 0 Å². The molecule has 6 heteroatoms. The average Bonchev–Trinajstić information content (AvgIpc) is 2.82. The predicted molar refractivity (Wildman–Crippen MR) is 73.4 cm³/mol. The average molecular weight is 284 g/mol. The molecule has 2 aliphatic rings. The van der Waals surface area contributed by atoms with Crippen molar-refractivity contribution < 1.29 is 19.8 Å². The summed E-state index contributed by atoms with van der Waals surface area (Å²) in [4.78, 5) is 26.9. The number of aliphatic hydroxyl groups excluding tert-OH is 1. The zero-order chi connectivity index (χ0) is 14.9. The molecule has 1 aliphatic heterocycles. The number of aliphatic carboxylic acids is 1. The van der Waals surface area contributed by atoms with E-state index in [-0.39, 0.29) is 18.6 Å². The molecule has 0 aromatic rings. The summed E-state index contributed by atoms with van der Waals surface area (Å²) in [6, 6.07) is -0.311. The quantitative estimate of drug-likeness (QED) is 0.796. The molecule has 0 bridgehead atoms. The lowest BCUT2D eigenvalue weighted by Gasteiger charge is -2.37. The predicted octanol–water partition coefficient (Wildman–Crippen LogP) is 1.14. The molecule has 1 heterocycles. The Hall–Kier alpha value is -1.30. The summed E-state index contributed by atoms with van der Waals surface area (Å²) in [6.45, 7) is 2.39. The molecule has 2 fully saturated rings. The van der Waals surface area contributed by atoms with Gasteiger partial charge in [0.15, 0.2) is 0 Å². The van der Waals surface area contributed by atoms with Gasteiger partial charge >= 0.3 is 12.0 Å². The lowest BCUT2D eigenvalue weighted by atomic mass is 9.90. The number of carboxylic acid groups (broad SMARTS) is 1. The van der Waals surface area contributed by atoms with Crippen molar-refractivity contribution in [2.24, 2.45) is 5.41 Å². The van der Waals surface area contributed by atoms with Gasteiger partial charge in [-0.25, -0.2) is 4.79 Å². The van der Waals surface area contributed by atoms with Gasteiger partial charge in [-0.1, -0.05) is 12.8 Å². The molecule has 2 amide bonds. The number of carboxylic acids is 1. The first kappa shape index (κ1) is 15.1. The third kappa shape index (κ3) is 2.75. The van der Waals surface area contributed by atoms with Gasteiger partial charge < -0.3 is 20.0 Å². The molecule has 2 N–H and O–H groups in total. The molecule has 3 unspecified atom stereocenters. The summed E-state index contributed by atoms with van der Waals surface area (Å²) in [5.41, 5.74) is -0.846. The highest BCUT2D eigenvalue weighted by molar-refractivity contribution is 5.79. The minimum absolute atomic E-state index is 0.145. The lowest BCUT2D eigenvalue weighted by molar-refractivity contribution is -0.147. The Morgan fingerprint density at radius 2 is 1.95 bits per heavy atom. The fraction of sp³-hybridized carbons (Fsp3) is 0.857. The minimum atomic E-state index is -0.854. The topological polar surface area (TPSA) is 81.1 Å². The van der Waals surface area contributed by atoms with E-state index in [9.17, 15) is 19.8 Å². The van der Waals surface area contributed by atoms with Crippen molar-refractivity contribution in [2.45, 2.75) is 51.2 Å². The van der Waals surface area contributed by atoms with E-state index in [0.29, 0.717) is 13.0 Å². The Labute approximate surface area is 119 Å². The maximum atomic E-state index is 12.4. The molecule has 6 nitrogen and oxygen atoms in total. The Kier molecular flexibility index (Phi) is 4.22. The Morgan fingerprint density at radius 3 is 2.50 bits per heavy atom. The van der Waals surface area contributed by atoms with Crippen LogP contribution in [0.4, 0.5) is 4.79 Å². The van der Waals surface area contributed by atoms with E-state index in [1.807, 2.05) is 0 Å². The number of carbonyl (C=O) groups is 2. The van der Waals surface area contributed by atoms with Crippen LogP contribution in [0.1, 0.15) is 39.0 Å². The van der Waals surface area contributed by atoms with Gasteiger partial charge in [-0.3, -0.25) is 4.79 Å². The van der Waals surface area contributed by atoms with E-state index in [0.717, 1.165) is 25.7 Å². The minimum Gasteiger partial charge on any atom is -0.481 e. The molecule has 1 saturated heterocycles. The molecule has 114 valence electrons. The van der Waals surface area contributed by atoms with Gasteiger partial charge in [-0.2, -0.15) is 0 Å². The highest BCUT2D eigenvalue weighted by Gasteiger charge is 2.43. The van der Waals surface area contributed by atoms with Gasteiger partial charge in [0, 0.05) is 20.1 Å². The van der Waals surface area contributed by atoms with E-state index in [1.165, 1.54) is 0 Å². The number of hydrogen-bond donors (Lipinski definition) is 2. The summed E-state index contributed by atoms with van der Waals surface area (Å²) in [5.74, 6) is -0.854. The number of amides is 2. The number of nitrogens with zero attached hydrogens (tertiary/aromatic N) is 2. The van der Waals surface area contributed by atoms with Gasteiger partial charge in [-0.05, 0) is 26.2 Å². The number of aliphatic hydroxyl groups is 1. The maximum absolute atomic E-state index is 12.4. The lowest BCUT2D eigenvalue weighted by Crippen LogP contribution is -2.51. The van der Waals surface area contributed by atoms with Crippen LogP contribution in [0.3, 0.4) is 0 Å². The molecule has 3 atom stereocenters. The first-order valence-corrected chi connectivity index (χ1v) is 7.28. The summed E-state index contributed by atoms with van der Waals surface area (Å²) < 4.78 is 0. The van der Waals surface area contributed by atoms with E-state index < -0.39 is 17.5 Å². The van der Waals surface area contributed by atoms with Crippen LogP contribution in [0.25, 0.3) is 0 Å². The van der Waals surface area contributed by atoms with Gasteiger partial charge in [0.25, 0.3) is 0 Å². The van der Waals surface area contributed by atoms with Crippen molar-refractivity contribution >= 4 is 12.0 Å². The standard InChI is InChI=1S/C14H24N2O4/c1-14(12(18)19)7-8-16(9-14)13(20)15(2)10-5-3-4-6-11(10)17/h10-11,17H,3-9H2,1-2H3,(H,18,19). The van der Waals surface area contributed by atoms with Crippen LogP contribution in [0, 0.1) is 5.41 Å². The number of urea groups is 1. The van der Waals surface area contributed by atoms with Crippen molar-refractivity contribution in [3.05, 3.63) is 0 Å². The fourth-order valence-corrected chi connectivity index (χ4v) is 3.21. The second kappa shape index (κ2) is 5.60. The number of rotatable bonds is 2. The van der Waals surface area contributed by atoms with Gasteiger partial charge in [0.1, 0.15) is 0 Å². The van der Waals surface area contributed by atoms with Crippen LogP contribution in [0.2, 0.25) is 0 Å². The molecular formula is C14H24N2O4. The molecule has 0 radical (unpaired) electrons. The molecule has 1 aliphatic carbocycles. The van der Waals surface area contributed by atoms with Crippen LogP contribution in [0.5, 0.6) is 0 Å². The Morgan fingerprint density at radius 1 is 1.30 bits per heavy atom. The van der Waals surface area contributed by atoms with Crippen molar-refractivity contribution in [3.8, 4) is 0 Å². The smallest absolute Gasteiger partial charge is 0.320 e. The molecule has 1 saturated carbocycles. The first-order chi connectivity index (χ1) is 9.35. The van der Waals surface area contributed by atoms with Gasteiger partial charge in [0.05, 0.1) is 17.6 Å². The number of likely N-dealkylation sites (N-methyl/N-ethyl adjacent to an activating group) is 1. The van der Waals surface area contributed by atoms with Crippen LogP contribution in [-0.2, 0) is 4.79 Å². The van der Waals surface area contributed by atoms with Crippen molar-refractivity contribution in [1.29, 1.82) is 0 Å². The van der Waals surface area contributed by atoms with Crippen LogP contribution in [-0.4, -0.2) is 64.3 Å². The second-order valence-electron chi connectivity index (χ2n) is 6.35. The van der Waals surface area contributed by atoms with Gasteiger partial charge in [0.2, 0.25) is 0 Å². The number of hydrogen-bond acceptors (Lipinski definition) is 3. The van der Waals surface area contributed by atoms with Crippen LogP contribution in [0.15, 0.2) is 0 Å². The van der Waals surface area contributed by atoms with E-state index in [2.05, 4.69) is 0 Å². The SMILES string of the molecule is CN(C(=O)N1CCC(C)(C(=O)O)C1)C1CCCCC1O. The highest BCUT2D eigenvalue weighted by Crippen LogP contribution is 2.31. The fourth-order valence-electron chi connectivity index (χ4n) is 3.21. The zero-order valence-corrected chi connectivity index (χ0v) is 12.2. The second-order valence-corrected chi connectivity index (χ2v) is 6.35. The third-order valence-corrected chi connectivity index (χ3v) is 4.75. The van der Waals surface area contributed by atoms with E-state index >= 15 is 0 Å².